The number of hydrogen-bond acceptors (Lipinski definition) is 4. The van der Waals surface area contributed by atoms with E-state index in [-0.39, 0.29) is 5.91 Å². The van der Waals surface area contributed by atoms with Crippen molar-refractivity contribution >= 4 is 11.7 Å². The van der Waals surface area contributed by atoms with Crippen LogP contribution >= 0.6 is 0 Å². The fourth-order valence-electron chi connectivity index (χ4n) is 2.30. The molecule has 0 bridgehead atoms. The van der Waals surface area contributed by atoms with E-state index in [1.165, 1.54) is 6.20 Å². The number of aromatic nitrogens is 3. The lowest BCUT2D eigenvalue weighted by Crippen LogP contribution is -2.28. The summed E-state index contributed by atoms with van der Waals surface area (Å²) in [5.74, 6) is 0.346. The molecule has 0 saturated carbocycles. The Kier molecular flexibility index (Phi) is 2.91. The van der Waals surface area contributed by atoms with Crippen LogP contribution in [0.5, 0.6) is 0 Å². The molecule has 6 nitrogen and oxygen atoms in total. The van der Waals surface area contributed by atoms with Gasteiger partial charge in [-0.2, -0.15) is 5.10 Å². The van der Waals surface area contributed by atoms with E-state index in [9.17, 15) is 4.79 Å². The number of rotatable bonds is 2. The lowest BCUT2D eigenvalue weighted by Gasteiger charge is -2.14. The number of anilines is 1. The first kappa shape index (κ1) is 11.7. The minimum Gasteiger partial charge on any atom is -0.383 e. The summed E-state index contributed by atoms with van der Waals surface area (Å²) in [6.45, 7) is 1.61. The van der Waals surface area contributed by atoms with Gasteiger partial charge < -0.3 is 10.6 Å². The van der Waals surface area contributed by atoms with Gasteiger partial charge in [0.05, 0.1) is 11.9 Å². The highest BCUT2D eigenvalue weighted by Gasteiger charge is 2.23. The molecule has 0 unspecified atom stereocenters. The van der Waals surface area contributed by atoms with E-state index in [1.54, 1.807) is 29.2 Å². The molecule has 1 amide bonds. The topological polar surface area (TPSA) is 77.0 Å². The summed E-state index contributed by atoms with van der Waals surface area (Å²) in [4.78, 5) is 18.1. The van der Waals surface area contributed by atoms with Gasteiger partial charge in [-0.25, -0.2) is 4.68 Å². The Balaban J connectivity index is 1.93. The zero-order valence-electron chi connectivity index (χ0n) is 10.5. The van der Waals surface area contributed by atoms with Gasteiger partial charge in [0.15, 0.2) is 0 Å². The van der Waals surface area contributed by atoms with Crippen LogP contribution in [0, 0.1) is 0 Å². The largest absolute Gasteiger partial charge is 0.383 e. The first-order chi connectivity index (χ1) is 9.27. The number of pyridine rings is 1. The first-order valence-corrected chi connectivity index (χ1v) is 6.30. The zero-order valence-corrected chi connectivity index (χ0v) is 10.5. The summed E-state index contributed by atoms with van der Waals surface area (Å²) < 4.78 is 1.56. The second-order valence-corrected chi connectivity index (χ2v) is 4.56. The predicted molar refractivity (Wildman–Crippen MR) is 70.9 cm³/mol. The third-order valence-electron chi connectivity index (χ3n) is 3.34. The molecule has 3 heterocycles. The van der Waals surface area contributed by atoms with Crippen molar-refractivity contribution in [2.45, 2.75) is 12.8 Å². The van der Waals surface area contributed by atoms with E-state index in [2.05, 4.69) is 10.1 Å². The summed E-state index contributed by atoms with van der Waals surface area (Å²) in [7, 11) is 0. The minimum absolute atomic E-state index is 0.0321. The van der Waals surface area contributed by atoms with Gasteiger partial charge in [-0.05, 0) is 25.0 Å². The molecule has 0 aliphatic carbocycles. The molecule has 1 aliphatic heterocycles. The number of carbonyl (C=O) groups is 1. The lowest BCUT2D eigenvalue weighted by atomic mass is 10.3. The monoisotopic (exact) mass is 257 g/mol. The Morgan fingerprint density at radius 3 is 2.58 bits per heavy atom. The van der Waals surface area contributed by atoms with Crippen LogP contribution in [0.1, 0.15) is 23.2 Å². The Bertz CT molecular complexity index is 586. The minimum atomic E-state index is -0.0321. The smallest absolute Gasteiger partial charge is 0.259 e. The molecule has 19 heavy (non-hydrogen) atoms. The molecule has 98 valence electrons. The third-order valence-corrected chi connectivity index (χ3v) is 3.34. The van der Waals surface area contributed by atoms with Gasteiger partial charge in [0.2, 0.25) is 0 Å². The molecule has 0 aromatic carbocycles. The Labute approximate surface area is 110 Å². The van der Waals surface area contributed by atoms with E-state index in [0.29, 0.717) is 11.4 Å². The van der Waals surface area contributed by atoms with Crippen molar-refractivity contribution < 1.29 is 4.79 Å². The van der Waals surface area contributed by atoms with Crippen molar-refractivity contribution in [3.8, 4) is 5.69 Å². The summed E-state index contributed by atoms with van der Waals surface area (Å²) in [5, 5.41) is 4.19. The molecule has 0 radical (unpaired) electrons. The molecule has 1 saturated heterocycles. The van der Waals surface area contributed by atoms with Crippen molar-refractivity contribution in [3.63, 3.8) is 0 Å². The van der Waals surface area contributed by atoms with Crippen molar-refractivity contribution in [1.82, 2.24) is 19.7 Å². The van der Waals surface area contributed by atoms with Crippen LogP contribution in [-0.4, -0.2) is 38.7 Å². The maximum Gasteiger partial charge on any atom is 0.259 e. The first-order valence-electron chi connectivity index (χ1n) is 6.30. The second kappa shape index (κ2) is 4.72. The number of nitrogen functional groups attached to an aromatic ring is 1. The lowest BCUT2D eigenvalue weighted by molar-refractivity contribution is 0.0794. The average Bonchev–Trinajstić information content (AvgIpc) is 3.08. The van der Waals surface area contributed by atoms with Crippen molar-refractivity contribution in [3.05, 3.63) is 36.3 Å². The summed E-state index contributed by atoms with van der Waals surface area (Å²) in [6, 6.07) is 3.60. The summed E-state index contributed by atoms with van der Waals surface area (Å²) >= 11 is 0. The van der Waals surface area contributed by atoms with Crippen molar-refractivity contribution in [2.75, 3.05) is 18.8 Å². The summed E-state index contributed by atoms with van der Waals surface area (Å²) in [5.41, 5.74) is 7.31. The molecule has 2 N–H and O–H groups in total. The number of hydrogen-bond donors (Lipinski definition) is 1. The standard InChI is InChI=1S/C13H15N5O/c14-12-11(13(19)17-7-1-2-8-17)9-16-18(12)10-3-5-15-6-4-10/h3-6,9H,1-2,7-8,14H2. The third kappa shape index (κ3) is 2.05. The fourth-order valence-corrected chi connectivity index (χ4v) is 2.30. The molecule has 3 rings (SSSR count). The van der Waals surface area contributed by atoms with Gasteiger partial charge in [-0.15, -0.1) is 0 Å². The zero-order chi connectivity index (χ0) is 13.2. The van der Waals surface area contributed by atoms with Crippen LogP contribution in [0.3, 0.4) is 0 Å². The van der Waals surface area contributed by atoms with E-state index < -0.39 is 0 Å². The molecular formula is C13H15N5O. The molecule has 2 aromatic rings. The second-order valence-electron chi connectivity index (χ2n) is 4.56. The van der Waals surface area contributed by atoms with Gasteiger partial charge in [-0.1, -0.05) is 0 Å². The van der Waals surface area contributed by atoms with Gasteiger partial charge in [0.25, 0.3) is 5.91 Å². The van der Waals surface area contributed by atoms with Crippen LogP contribution in [0.25, 0.3) is 5.69 Å². The maximum atomic E-state index is 12.3. The number of amides is 1. The van der Waals surface area contributed by atoms with E-state index in [1.807, 2.05) is 4.90 Å². The van der Waals surface area contributed by atoms with E-state index in [4.69, 9.17) is 5.73 Å². The molecule has 2 aromatic heterocycles. The van der Waals surface area contributed by atoms with Crippen LogP contribution in [0.4, 0.5) is 5.82 Å². The van der Waals surface area contributed by atoms with Crippen molar-refractivity contribution in [2.24, 2.45) is 0 Å². The summed E-state index contributed by atoms with van der Waals surface area (Å²) in [6.07, 6.45) is 6.99. The van der Waals surface area contributed by atoms with Gasteiger partial charge >= 0.3 is 0 Å². The number of carbonyl (C=O) groups excluding carboxylic acids is 1. The van der Waals surface area contributed by atoms with Crippen LogP contribution < -0.4 is 5.73 Å². The van der Waals surface area contributed by atoms with Crippen LogP contribution in [0.15, 0.2) is 30.7 Å². The Morgan fingerprint density at radius 1 is 1.21 bits per heavy atom. The van der Waals surface area contributed by atoms with E-state index >= 15 is 0 Å². The number of nitrogens with zero attached hydrogens (tertiary/aromatic N) is 4. The Hall–Kier alpha value is -2.37. The van der Waals surface area contributed by atoms with E-state index in [0.717, 1.165) is 31.6 Å². The Morgan fingerprint density at radius 2 is 1.89 bits per heavy atom. The molecule has 0 spiro atoms. The molecule has 0 atom stereocenters. The quantitative estimate of drug-likeness (QED) is 0.873. The van der Waals surface area contributed by atoms with Crippen LogP contribution in [-0.2, 0) is 0 Å². The highest BCUT2D eigenvalue weighted by molar-refractivity contribution is 5.98. The number of likely N-dealkylation sites (tertiary alicyclic amines) is 1. The SMILES string of the molecule is Nc1c(C(=O)N2CCCC2)cnn1-c1ccncc1. The molecule has 1 aliphatic rings. The molecule has 1 fully saturated rings. The highest BCUT2D eigenvalue weighted by atomic mass is 16.2. The molecular weight excluding hydrogens is 242 g/mol. The average molecular weight is 257 g/mol. The maximum absolute atomic E-state index is 12.3. The predicted octanol–water partition coefficient (Wildman–Crippen LogP) is 1.09. The van der Waals surface area contributed by atoms with Crippen LogP contribution in [0.2, 0.25) is 0 Å². The highest BCUT2D eigenvalue weighted by Crippen LogP contribution is 2.20. The fraction of sp³-hybridized carbons (Fsp3) is 0.308. The van der Waals surface area contributed by atoms with Gasteiger partial charge in [-0.3, -0.25) is 9.78 Å². The van der Waals surface area contributed by atoms with Gasteiger partial charge in [0.1, 0.15) is 11.4 Å². The van der Waals surface area contributed by atoms with Gasteiger partial charge in [0, 0.05) is 25.5 Å². The van der Waals surface area contributed by atoms with Crippen molar-refractivity contribution in [1.29, 1.82) is 0 Å². The number of nitrogens with two attached hydrogens (primary N) is 1. The molecule has 6 heteroatoms. The normalized spacial score (nSPS) is 14.8.